The highest BCUT2D eigenvalue weighted by Gasteiger charge is 2.14. The third-order valence-electron chi connectivity index (χ3n) is 0.644. The van der Waals surface area contributed by atoms with E-state index in [0.717, 1.165) is 13.3 Å². The number of hydrogen-bond acceptors (Lipinski definition) is 2. The molecule has 1 fully saturated rings. The van der Waals surface area contributed by atoms with Crippen LogP contribution < -0.4 is 0 Å². The van der Waals surface area contributed by atoms with Crippen molar-refractivity contribution in [1.29, 1.82) is 0 Å². The van der Waals surface area contributed by atoms with Gasteiger partial charge in [-0.25, -0.2) is 0 Å². The molecule has 6 heavy (non-hydrogen) atoms. The van der Waals surface area contributed by atoms with Gasteiger partial charge in [-0.3, -0.25) is 4.84 Å². The molecule has 34 valence electrons. The van der Waals surface area contributed by atoms with Gasteiger partial charge in [0.15, 0.2) is 0 Å². The molecule has 0 saturated carbocycles. The van der Waals surface area contributed by atoms with Crippen LogP contribution in [0.25, 0.3) is 0 Å². The second kappa shape index (κ2) is 1.41. The SMILES string of the molecule is C=CCN1CO1. The fourth-order valence-corrected chi connectivity index (χ4v) is 0.290. The monoisotopic (exact) mass is 85.1 g/mol. The molecule has 2 nitrogen and oxygen atoms in total. The highest BCUT2D eigenvalue weighted by atomic mass is 16.8. The molecule has 0 radical (unpaired) electrons. The Morgan fingerprint density at radius 3 is 2.83 bits per heavy atom. The molecule has 0 aromatic heterocycles. The predicted molar refractivity (Wildman–Crippen MR) is 22.9 cm³/mol. The maximum atomic E-state index is 4.71. The van der Waals surface area contributed by atoms with Gasteiger partial charge in [-0.15, -0.1) is 6.58 Å². The lowest BCUT2D eigenvalue weighted by atomic mass is 10.6. The average molecular weight is 85.1 g/mol. The quantitative estimate of drug-likeness (QED) is 0.356. The van der Waals surface area contributed by atoms with Gasteiger partial charge in [-0.05, 0) is 0 Å². The molecule has 1 atom stereocenters. The third kappa shape index (κ3) is 0.808. The van der Waals surface area contributed by atoms with Crippen molar-refractivity contribution in [3.63, 3.8) is 0 Å². The smallest absolute Gasteiger partial charge is 0.144 e. The van der Waals surface area contributed by atoms with Gasteiger partial charge in [0.05, 0.1) is 0 Å². The van der Waals surface area contributed by atoms with E-state index in [2.05, 4.69) is 6.58 Å². The van der Waals surface area contributed by atoms with E-state index in [4.69, 9.17) is 4.84 Å². The minimum atomic E-state index is 0.784. The van der Waals surface area contributed by atoms with Gasteiger partial charge in [0.25, 0.3) is 0 Å². The van der Waals surface area contributed by atoms with Gasteiger partial charge >= 0.3 is 0 Å². The lowest BCUT2D eigenvalue weighted by Crippen LogP contribution is -1.91. The predicted octanol–water partition coefficient (Wildman–Crippen LogP) is 0.377. The molecular weight excluding hydrogens is 78.0 g/mol. The maximum Gasteiger partial charge on any atom is 0.144 e. The van der Waals surface area contributed by atoms with Crippen LogP contribution in [0.5, 0.6) is 0 Å². The van der Waals surface area contributed by atoms with Crippen LogP contribution in [0.15, 0.2) is 12.7 Å². The Kier molecular flexibility index (Phi) is 0.900. The first-order valence-electron chi connectivity index (χ1n) is 1.92. The van der Waals surface area contributed by atoms with Crippen molar-refractivity contribution in [2.75, 3.05) is 13.3 Å². The van der Waals surface area contributed by atoms with Crippen molar-refractivity contribution in [2.45, 2.75) is 0 Å². The molecule has 1 unspecified atom stereocenters. The van der Waals surface area contributed by atoms with Crippen molar-refractivity contribution in [2.24, 2.45) is 0 Å². The average Bonchev–Trinajstić information content (AvgIpc) is 2.21. The van der Waals surface area contributed by atoms with E-state index in [0.29, 0.717) is 0 Å². The highest BCUT2D eigenvalue weighted by molar-refractivity contribution is 4.70. The van der Waals surface area contributed by atoms with E-state index >= 15 is 0 Å². The van der Waals surface area contributed by atoms with Crippen LogP contribution in [0.2, 0.25) is 0 Å². The summed E-state index contributed by atoms with van der Waals surface area (Å²) in [5, 5.41) is 1.81. The van der Waals surface area contributed by atoms with E-state index in [1.807, 2.05) is 11.1 Å². The number of rotatable bonds is 2. The molecular formula is C4H7NO. The summed E-state index contributed by atoms with van der Waals surface area (Å²) in [6.45, 7) is 5.16. The zero-order valence-corrected chi connectivity index (χ0v) is 3.55. The Morgan fingerprint density at radius 2 is 2.67 bits per heavy atom. The number of hydrogen-bond donors (Lipinski definition) is 0. The zero-order valence-electron chi connectivity index (χ0n) is 3.55. The van der Waals surface area contributed by atoms with Crippen LogP contribution >= 0.6 is 0 Å². The van der Waals surface area contributed by atoms with Crippen molar-refractivity contribution in [1.82, 2.24) is 5.06 Å². The van der Waals surface area contributed by atoms with Crippen LogP contribution in [-0.4, -0.2) is 18.3 Å². The molecule has 0 N–H and O–H groups in total. The molecule has 1 heterocycles. The van der Waals surface area contributed by atoms with Gasteiger partial charge in [0, 0.05) is 6.54 Å². The second-order valence-corrected chi connectivity index (χ2v) is 1.21. The van der Waals surface area contributed by atoms with E-state index in [9.17, 15) is 0 Å². The first-order valence-corrected chi connectivity index (χ1v) is 1.92. The molecule has 0 spiro atoms. The summed E-state index contributed by atoms with van der Waals surface area (Å²) in [4.78, 5) is 4.71. The summed E-state index contributed by atoms with van der Waals surface area (Å²) in [7, 11) is 0. The molecule has 0 aromatic carbocycles. The Balaban J connectivity index is 2.00. The van der Waals surface area contributed by atoms with Crippen LogP contribution in [0.1, 0.15) is 0 Å². The molecule has 0 bridgehead atoms. The number of nitrogens with zero attached hydrogens (tertiary/aromatic N) is 1. The van der Waals surface area contributed by atoms with Crippen molar-refractivity contribution in [3.8, 4) is 0 Å². The summed E-state index contributed by atoms with van der Waals surface area (Å²) in [6, 6.07) is 0. The fraction of sp³-hybridized carbons (Fsp3) is 0.500. The topological polar surface area (TPSA) is 15.5 Å². The molecule has 0 aromatic rings. The van der Waals surface area contributed by atoms with Gasteiger partial charge in [0.1, 0.15) is 6.73 Å². The molecule has 2 heteroatoms. The van der Waals surface area contributed by atoms with Gasteiger partial charge in [0.2, 0.25) is 0 Å². The highest BCUT2D eigenvalue weighted by Crippen LogP contribution is 2.03. The van der Waals surface area contributed by atoms with Gasteiger partial charge in [-0.2, -0.15) is 5.06 Å². The lowest BCUT2D eigenvalue weighted by Gasteiger charge is -1.79. The normalized spacial score (nSPS) is 29.7. The Labute approximate surface area is 37.0 Å². The van der Waals surface area contributed by atoms with E-state index in [1.54, 1.807) is 0 Å². The standard InChI is InChI=1S/C4H7NO/c1-2-3-5-4-6-5/h2H,1,3-4H2. The molecule has 0 amide bonds. The largest absolute Gasteiger partial charge is 0.278 e. The Hall–Kier alpha value is -0.340. The first kappa shape index (κ1) is 3.84. The summed E-state index contributed by atoms with van der Waals surface area (Å²) < 4.78 is 0. The van der Waals surface area contributed by atoms with E-state index in [-0.39, 0.29) is 0 Å². The molecule has 0 aliphatic carbocycles. The molecule has 1 aliphatic heterocycles. The summed E-state index contributed by atoms with van der Waals surface area (Å²) in [5.74, 6) is 0. The second-order valence-electron chi connectivity index (χ2n) is 1.21. The van der Waals surface area contributed by atoms with Crippen molar-refractivity contribution >= 4 is 0 Å². The molecule has 1 rings (SSSR count). The lowest BCUT2D eigenvalue weighted by molar-refractivity contribution is 0.218. The van der Waals surface area contributed by atoms with Crippen molar-refractivity contribution in [3.05, 3.63) is 12.7 Å². The Morgan fingerprint density at radius 1 is 2.00 bits per heavy atom. The van der Waals surface area contributed by atoms with E-state index in [1.165, 1.54) is 0 Å². The zero-order chi connectivity index (χ0) is 4.41. The van der Waals surface area contributed by atoms with Crippen LogP contribution in [0.3, 0.4) is 0 Å². The third-order valence-corrected chi connectivity index (χ3v) is 0.644. The molecule has 1 aliphatic rings. The summed E-state index contributed by atoms with van der Waals surface area (Å²) in [5.41, 5.74) is 0. The van der Waals surface area contributed by atoms with Crippen LogP contribution in [0.4, 0.5) is 0 Å². The molecule has 1 saturated heterocycles. The minimum Gasteiger partial charge on any atom is -0.278 e. The minimum absolute atomic E-state index is 0.784. The Bertz CT molecular complexity index is 58.6. The number of hydroxylamine groups is 2. The fourth-order valence-electron chi connectivity index (χ4n) is 0.290. The van der Waals surface area contributed by atoms with Crippen LogP contribution in [0, 0.1) is 0 Å². The van der Waals surface area contributed by atoms with E-state index < -0.39 is 0 Å². The van der Waals surface area contributed by atoms with Gasteiger partial charge < -0.3 is 0 Å². The summed E-state index contributed by atoms with van der Waals surface area (Å²) in [6.07, 6.45) is 1.81. The first-order chi connectivity index (χ1) is 2.93. The summed E-state index contributed by atoms with van der Waals surface area (Å²) >= 11 is 0. The van der Waals surface area contributed by atoms with Crippen molar-refractivity contribution < 1.29 is 4.84 Å². The maximum absolute atomic E-state index is 4.71. The van der Waals surface area contributed by atoms with Crippen LogP contribution in [-0.2, 0) is 4.84 Å². The van der Waals surface area contributed by atoms with Gasteiger partial charge in [-0.1, -0.05) is 6.08 Å².